The summed E-state index contributed by atoms with van der Waals surface area (Å²) in [6.45, 7) is 8.65. The van der Waals surface area contributed by atoms with E-state index in [4.69, 9.17) is 15.7 Å². The Bertz CT molecular complexity index is 251. The molecule has 0 aromatic rings. The summed E-state index contributed by atoms with van der Waals surface area (Å²) in [6, 6.07) is 0. The summed E-state index contributed by atoms with van der Waals surface area (Å²) < 4.78 is 5.78. The van der Waals surface area contributed by atoms with E-state index in [2.05, 4.69) is 4.89 Å². The predicted molar refractivity (Wildman–Crippen MR) is 70.1 cm³/mol. The minimum atomic E-state index is -0.734. The third kappa shape index (κ3) is 6.93. The Morgan fingerprint density at radius 1 is 1.17 bits per heavy atom. The Morgan fingerprint density at radius 2 is 1.78 bits per heavy atom. The van der Waals surface area contributed by atoms with E-state index in [1.807, 2.05) is 13.8 Å². The number of unbranched alkanes of at least 4 members (excludes halogenated alkanes) is 1. The topological polar surface area (TPSA) is 81.8 Å². The van der Waals surface area contributed by atoms with Gasteiger partial charge in [-0.15, -0.1) is 0 Å². The first kappa shape index (κ1) is 17.4. The monoisotopic (exact) mass is 261 g/mol. The lowest BCUT2D eigenvalue weighted by molar-refractivity contribution is -0.245. The number of rotatable bonds is 9. The minimum Gasteiger partial charge on any atom is -0.376 e. The van der Waals surface area contributed by atoms with Crippen molar-refractivity contribution in [3.63, 3.8) is 0 Å². The molecule has 0 bridgehead atoms. The van der Waals surface area contributed by atoms with Crippen LogP contribution < -0.4 is 5.73 Å². The Hall–Kier alpha value is -0.650. The molecule has 0 amide bonds. The zero-order chi connectivity index (χ0) is 14.2. The van der Waals surface area contributed by atoms with Gasteiger partial charge in [0.15, 0.2) is 0 Å². The molecule has 0 radical (unpaired) electrons. The molecule has 0 spiro atoms. The average Bonchev–Trinajstić information content (AvgIpc) is 2.27. The number of carbonyl (C=O) groups excluding carboxylic acids is 1. The molecule has 0 heterocycles. The summed E-state index contributed by atoms with van der Waals surface area (Å²) in [5.41, 5.74) is 4.50. The standard InChI is InChI=1S/C13H27NO4/c1-12(2,11(15)18-16)8-10-17-13(3,4)7-5-6-9-14/h16H,5-10,14H2,1-4H3. The lowest BCUT2D eigenvalue weighted by Crippen LogP contribution is -2.31. The highest BCUT2D eigenvalue weighted by atomic mass is 17.1. The lowest BCUT2D eigenvalue weighted by Gasteiger charge is -2.28. The van der Waals surface area contributed by atoms with Crippen LogP contribution in [-0.2, 0) is 14.4 Å². The van der Waals surface area contributed by atoms with Crippen molar-refractivity contribution in [2.24, 2.45) is 11.1 Å². The van der Waals surface area contributed by atoms with Crippen LogP contribution in [0.3, 0.4) is 0 Å². The molecule has 0 fully saturated rings. The number of ether oxygens (including phenoxy) is 1. The van der Waals surface area contributed by atoms with Gasteiger partial charge in [-0.2, -0.15) is 5.26 Å². The normalized spacial score (nSPS) is 12.6. The highest BCUT2D eigenvalue weighted by molar-refractivity contribution is 5.75. The van der Waals surface area contributed by atoms with E-state index >= 15 is 0 Å². The molecule has 0 aliphatic heterocycles. The first-order valence-corrected chi connectivity index (χ1v) is 6.45. The van der Waals surface area contributed by atoms with Crippen LogP contribution in [0.5, 0.6) is 0 Å². The van der Waals surface area contributed by atoms with Gasteiger partial charge in [0.1, 0.15) is 0 Å². The van der Waals surface area contributed by atoms with Crippen LogP contribution in [-0.4, -0.2) is 30.0 Å². The summed E-state index contributed by atoms with van der Waals surface area (Å²) in [5, 5.41) is 8.37. The molecule has 0 aliphatic carbocycles. The minimum absolute atomic E-state index is 0.214. The maximum atomic E-state index is 11.3. The molecule has 5 nitrogen and oxygen atoms in total. The van der Waals surface area contributed by atoms with Crippen molar-refractivity contribution in [3.8, 4) is 0 Å². The van der Waals surface area contributed by atoms with Gasteiger partial charge in [0.05, 0.1) is 11.0 Å². The lowest BCUT2D eigenvalue weighted by atomic mass is 9.90. The molecule has 0 rings (SSSR count). The molecule has 18 heavy (non-hydrogen) atoms. The van der Waals surface area contributed by atoms with Gasteiger partial charge in [-0.05, 0) is 59.9 Å². The Morgan fingerprint density at radius 3 is 2.28 bits per heavy atom. The van der Waals surface area contributed by atoms with Gasteiger partial charge in [0.25, 0.3) is 0 Å². The van der Waals surface area contributed by atoms with E-state index in [0.29, 0.717) is 19.6 Å². The molecular weight excluding hydrogens is 234 g/mol. The van der Waals surface area contributed by atoms with E-state index in [9.17, 15) is 4.79 Å². The first-order valence-electron chi connectivity index (χ1n) is 6.45. The zero-order valence-electron chi connectivity index (χ0n) is 12.0. The molecule has 3 N–H and O–H groups in total. The molecule has 0 saturated carbocycles. The van der Waals surface area contributed by atoms with Crippen molar-refractivity contribution >= 4 is 5.97 Å². The van der Waals surface area contributed by atoms with Crippen LogP contribution >= 0.6 is 0 Å². The molecule has 108 valence electrons. The number of nitrogens with two attached hydrogens (primary N) is 1. The van der Waals surface area contributed by atoms with E-state index in [-0.39, 0.29) is 5.60 Å². The molecule has 0 aliphatic rings. The highest BCUT2D eigenvalue weighted by Gasteiger charge is 2.30. The fraction of sp³-hybridized carbons (Fsp3) is 0.923. The first-order chi connectivity index (χ1) is 8.25. The molecule has 0 aromatic carbocycles. The van der Waals surface area contributed by atoms with Crippen LogP contribution in [0.15, 0.2) is 0 Å². The van der Waals surface area contributed by atoms with Gasteiger partial charge in [0, 0.05) is 6.61 Å². The number of carbonyl (C=O) groups is 1. The maximum Gasteiger partial charge on any atom is 0.347 e. The van der Waals surface area contributed by atoms with Crippen LogP contribution in [0, 0.1) is 5.41 Å². The molecule has 0 aromatic heterocycles. The SMILES string of the molecule is CC(C)(CCCCN)OCCC(C)(C)C(=O)OO. The molecule has 5 heteroatoms. The van der Waals surface area contributed by atoms with Gasteiger partial charge < -0.3 is 15.4 Å². The largest absolute Gasteiger partial charge is 0.376 e. The van der Waals surface area contributed by atoms with E-state index in [1.165, 1.54) is 0 Å². The fourth-order valence-corrected chi connectivity index (χ4v) is 1.58. The average molecular weight is 261 g/mol. The molecular formula is C13H27NO4. The Kier molecular flexibility index (Phi) is 7.43. The highest BCUT2D eigenvalue weighted by Crippen LogP contribution is 2.24. The van der Waals surface area contributed by atoms with Gasteiger partial charge in [-0.25, -0.2) is 4.79 Å². The van der Waals surface area contributed by atoms with Gasteiger partial charge in [-0.3, -0.25) is 0 Å². The summed E-state index contributed by atoms with van der Waals surface area (Å²) in [6.07, 6.45) is 3.47. The van der Waals surface area contributed by atoms with Gasteiger partial charge in [0.2, 0.25) is 0 Å². The third-order valence-electron chi connectivity index (χ3n) is 3.09. The van der Waals surface area contributed by atoms with Crippen molar-refractivity contribution in [2.75, 3.05) is 13.2 Å². The molecule has 0 atom stereocenters. The maximum absolute atomic E-state index is 11.3. The summed E-state index contributed by atoms with van der Waals surface area (Å²) in [4.78, 5) is 15.0. The third-order valence-corrected chi connectivity index (χ3v) is 3.09. The van der Waals surface area contributed by atoms with E-state index in [1.54, 1.807) is 13.8 Å². The second-order valence-corrected chi connectivity index (χ2v) is 5.87. The quantitative estimate of drug-likeness (QED) is 0.378. The summed E-state index contributed by atoms with van der Waals surface area (Å²) in [5.74, 6) is -0.632. The van der Waals surface area contributed by atoms with Crippen molar-refractivity contribution in [2.45, 2.75) is 59.0 Å². The summed E-state index contributed by atoms with van der Waals surface area (Å²) in [7, 11) is 0. The zero-order valence-corrected chi connectivity index (χ0v) is 12.0. The van der Waals surface area contributed by atoms with E-state index in [0.717, 1.165) is 19.3 Å². The van der Waals surface area contributed by atoms with Crippen molar-refractivity contribution in [1.82, 2.24) is 0 Å². The van der Waals surface area contributed by atoms with Crippen LogP contribution in [0.1, 0.15) is 53.4 Å². The smallest absolute Gasteiger partial charge is 0.347 e. The Balaban J connectivity index is 3.98. The fourth-order valence-electron chi connectivity index (χ4n) is 1.58. The van der Waals surface area contributed by atoms with E-state index < -0.39 is 11.4 Å². The van der Waals surface area contributed by atoms with Crippen molar-refractivity contribution in [1.29, 1.82) is 0 Å². The molecule has 0 unspecified atom stereocenters. The number of hydrogen-bond donors (Lipinski definition) is 2. The summed E-state index contributed by atoms with van der Waals surface area (Å²) >= 11 is 0. The second-order valence-electron chi connectivity index (χ2n) is 5.87. The van der Waals surface area contributed by atoms with Crippen LogP contribution in [0.2, 0.25) is 0 Å². The van der Waals surface area contributed by atoms with Gasteiger partial charge >= 0.3 is 5.97 Å². The van der Waals surface area contributed by atoms with Crippen LogP contribution in [0.4, 0.5) is 0 Å². The van der Waals surface area contributed by atoms with Crippen molar-refractivity contribution < 1.29 is 19.7 Å². The molecule has 0 saturated heterocycles. The number of hydrogen-bond acceptors (Lipinski definition) is 5. The Labute approximate surface area is 110 Å². The van der Waals surface area contributed by atoms with Crippen LogP contribution in [0.25, 0.3) is 0 Å². The predicted octanol–water partition coefficient (Wildman–Crippen LogP) is 2.34. The second kappa shape index (κ2) is 7.71. The van der Waals surface area contributed by atoms with Crippen molar-refractivity contribution in [3.05, 3.63) is 0 Å². The van der Waals surface area contributed by atoms with Gasteiger partial charge in [-0.1, -0.05) is 0 Å².